The van der Waals surface area contributed by atoms with E-state index in [0.29, 0.717) is 16.9 Å². The Labute approximate surface area is 87.9 Å². The van der Waals surface area contributed by atoms with Crippen molar-refractivity contribution in [2.75, 3.05) is 0 Å². The van der Waals surface area contributed by atoms with Crippen LogP contribution in [0, 0.1) is 6.92 Å². The molecule has 80 valence electrons. The van der Waals surface area contributed by atoms with Gasteiger partial charge in [-0.05, 0) is 36.9 Å². The molecule has 0 saturated heterocycles. The van der Waals surface area contributed by atoms with Crippen LogP contribution in [0.2, 0.25) is 0 Å². The first-order chi connectivity index (χ1) is 6.94. The van der Waals surface area contributed by atoms with Crippen molar-refractivity contribution in [1.29, 1.82) is 0 Å². The van der Waals surface area contributed by atoms with Crippen LogP contribution in [0.5, 0.6) is 0 Å². The van der Waals surface area contributed by atoms with Crippen LogP contribution in [-0.2, 0) is 0 Å². The summed E-state index contributed by atoms with van der Waals surface area (Å²) in [4.78, 5) is 7.16. The van der Waals surface area contributed by atoms with Crippen molar-refractivity contribution in [3.63, 3.8) is 0 Å². The minimum atomic E-state index is -4.25. The van der Waals surface area contributed by atoms with Crippen molar-refractivity contribution in [2.45, 2.75) is 17.3 Å². The molecule has 1 aromatic heterocycles. The number of aromatic amines is 1. The van der Waals surface area contributed by atoms with Crippen LogP contribution in [-0.4, -0.2) is 15.5 Å². The normalized spacial score (nSPS) is 12.3. The summed E-state index contributed by atoms with van der Waals surface area (Å²) >= 11 is -0.123. The van der Waals surface area contributed by atoms with Crippen LogP contribution < -0.4 is 0 Å². The molecule has 2 aromatic rings. The molecule has 15 heavy (non-hydrogen) atoms. The van der Waals surface area contributed by atoms with Crippen LogP contribution in [0.1, 0.15) is 5.82 Å². The fourth-order valence-electron chi connectivity index (χ4n) is 1.31. The van der Waals surface area contributed by atoms with E-state index in [2.05, 4.69) is 9.97 Å². The number of thioether (sulfide) groups is 1. The number of aryl methyl sites for hydroxylation is 1. The predicted octanol–water partition coefficient (Wildman–Crippen LogP) is 3.48. The van der Waals surface area contributed by atoms with E-state index < -0.39 is 5.51 Å². The van der Waals surface area contributed by atoms with Crippen molar-refractivity contribution in [3.8, 4) is 0 Å². The SMILES string of the molecule is Cc1nc2ccc(SC(F)(F)F)cc2[nH]1. The number of fused-ring (bicyclic) bond motifs is 1. The number of hydrogen-bond acceptors (Lipinski definition) is 2. The van der Waals surface area contributed by atoms with Gasteiger partial charge in [-0.15, -0.1) is 0 Å². The summed E-state index contributed by atoms with van der Waals surface area (Å²) in [5.41, 5.74) is -2.94. The number of aromatic nitrogens is 2. The molecule has 0 aliphatic heterocycles. The molecule has 0 unspecified atom stereocenters. The first-order valence-electron chi connectivity index (χ1n) is 4.16. The van der Waals surface area contributed by atoms with Gasteiger partial charge in [0.2, 0.25) is 0 Å². The summed E-state index contributed by atoms with van der Waals surface area (Å²) in [5, 5.41) is 0. The number of halogens is 3. The molecule has 1 N–H and O–H groups in total. The fraction of sp³-hybridized carbons (Fsp3) is 0.222. The van der Waals surface area contributed by atoms with Crippen LogP contribution in [0.3, 0.4) is 0 Å². The van der Waals surface area contributed by atoms with Gasteiger partial charge in [0.1, 0.15) is 5.82 Å². The largest absolute Gasteiger partial charge is 0.446 e. The Morgan fingerprint density at radius 3 is 2.73 bits per heavy atom. The number of benzene rings is 1. The Bertz CT molecular complexity index is 490. The second kappa shape index (κ2) is 3.44. The lowest BCUT2D eigenvalue weighted by molar-refractivity contribution is -0.0328. The van der Waals surface area contributed by atoms with Gasteiger partial charge in [0, 0.05) is 4.90 Å². The number of H-pyrrole nitrogens is 1. The Hall–Kier alpha value is -1.17. The maximum atomic E-state index is 12.1. The molecule has 0 saturated carbocycles. The Balaban J connectivity index is 2.38. The molecule has 1 aromatic carbocycles. The van der Waals surface area contributed by atoms with E-state index in [0.717, 1.165) is 0 Å². The smallest absolute Gasteiger partial charge is 0.342 e. The summed E-state index contributed by atoms with van der Waals surface area (Å²) in [7, 11) is 0. The van der Waals surface area contributed by atoms with Gasteiger partial charge in [-0.2, -0.15) is 13.2 Å². The topological polar surface area (TPSA) is 28.7 Å². The number of imidazole rings is 1. The third-order valence-electron chi connectivity index (χ3n) is 1.81. The van der Waals surface area contributed by atoms with E-state index in [4.69, 9.17) is 0 Å². The number of nitrogens with zero attached hydrogens (tertiary/aromatic N) is 1. The number of rotatable bonds is 1. The average molecular weight is 232 g/mol. The zero-order valence-electron chi connectivity index (χ0n) is 7.72. The van der Waals surface area contributed by atoms with Crippen molar-refractivity contribution in [2.24, 2.45) is 0 Å². The molecule has 0 radical (unpaired) electrons. The molecule has 0 amide bonds. The van der Waals surface area contributed by atoms with Gasteiger partial charge < -0.3 is 4.98 Å². The minimum Gasteiger partial charge on any atom is -0.342 e. The van der Waals surface area contributed by atoms with Gasteiger partial charge in [0.15, 0.2) is 0 Å². The minimum absolute atomic E-state index is 0.123. The molecule has 0 bridgehead atoms. The zero-order chi connectivity index (χ0) is 11.1. The molecule has 6 heteroatoms. The maximum absolute atomic E-state index is 12.1. The van der Waals surface area contributed by atoms with Gasteiger partial charge >= 0.3 is 5.51 Å². The van der Waals surface area contributed by atoms with Crippen molar-refractivity contribution in [3.05, 3.63) is 24.0 Å². The summed E-state index contributed by atoms with van der Waals surface area (Å²) in [6.45, 7) is 1.76. The fourth-order valence-corrected chi connectivity index (χ4v) is 1.89. The second-order valence-electron chi connectivity index (χ2n) is 3.05. The van der Waals surface area contributed by atoms with E-state index in [9.17, 15) is 13.2 Å². The molecule has 0 aliphatic carbocycles. The third kappa shape index (κ3) is 2.44. The van der Waals surface area contributed by atoms with E-state index >= 15 is 0 Å². The summed E-state index contributed by atoms with van der Waals surface area (Å²) in [6.07, 6.45) is 0. The molecular formula is C9H7F3N2S. The first kappa shape index (κ1) is 10.4. The highest BCUT2D eigenvalue weighted by Crippen LogP contribution is 2.37. The highest BCUT2D eigenvalue weighted by molar-refractivity contribution is 8.00. The lowest BCUT2D eigenvalue weighted by Gasteiger charge is -2.04. The molecule has 0 fully saturated rings. The molecule has 0 aliphatic rings. The highest BCUT2D eigenvalue weighted by Gasteiger charge is 2.29. The zero-order valence-corrected chi connectivity index (χ0v) is 8.54. The second-order valence-corrected chi connectivity index (χ2v) is 4.19. The predicted molar refractivity (Wildman–Crippen MR) is 52.7 cm³/mol. The molecular weight excluding hydrogens is 225 g/mol. The maximum Gasteiger partial charge on any atom is 0.446 e. The molecule has 1 heterocycles. The number of alkyl halides is 3. The Morgan fingerprint density at radius 2 is 2.07 bits per heavy atom. The van der Waals surface area contributed by atoms with Crippen LogP contribution in [0.25, 0.3) is 11.0 Å². The third-order valence-corrected chi connectivity index (χ3v) is 2.53. The van der Waals surface area contributed by atoms with Gasteiger partial charge in [-0.3, -0.25) is 0 Å². The summed E-state index contributed by atoms with van der Waals surface area (Å²) in [6, 6.07) is 4.45. The van der Waals surface area contributed by atoms with Gasteiger partial charge in [0.25, 0.3) is 0 Å². The van der Waals surface area contributed by atoms with E-state index in [1.807, 2.05) is 0 Å². The summed E-state index contributed by atoms with van der Waals surface area (Å²) < 4.78 is 36.3. The average Bonchev–Trinajstić information content (AvgIpc) is 2.40. The lowest BCUT2D eigenvalue weighted by Crippen LogP contribution is -1.98. The standard InChI is InChI=1S/C9H7F3N2S/c1-5-13-7-3-2-6(4-8(7)14-5)15-9(10,11)12/h2-4H,1H3,(H,13,14). The molecule has 2 nitrogen and oxygen atoms in total. The van der Waals surface area contributed by atoms with E-state index in [1.54, 1.807) is 13.0 Å². The van der Waals surface area contributed by atoms with Crippen LogP contribution >= 0.6 is 11.8 Å². The van der Waals surface area contributed by atoms with Gasteiger partial charge in [0.05, 0.1) is 11.0 Å². The quantitative estimate of drug-likeness (QED) is 0.762. The summed E-state index contributed by atoms with van der Waals surface area (Å²) in [5.74, 6) is 0.694. The van der Waals surface area contributed by atoms with E-state index in [1.165, 1.54) is 12.1 Å². The molecule has 0 atom stereocenters. The van der Waals surface area contributed by atoms with E-state index in [-0.39, 0.29) is 16.7 Å². The monoisotopic (exact) mass is 232 g/mol. The van der Waals surface area contributed by atoms with Crippen molar-refractivity contribution in [1.82, 2.24) is 9.97 Å². The Morgan fingerprint density at radius 1 is 1.33 bits per heavy atom. The molecule has 2 rings (SSSR count). The van der Waals surface area contributed by atoms with Crippen LogP contribution in [0.15, 0.2) is 23.1 Å². The number of hydrogen-bond donors (Lipinski definition) is 1. The van der Waals surface area contributed by atoms with Crippen molar-refractivity contribution < 1.29 is 13.2 Å². The Kier molecular flexibility index (Phi) is 2.38. The lowest BCUT2D eigenvalue weighted by atomic mass is 10.3. The first-order valence-corrected chi connectivity index (χ1v) is 4.98. The number of nitrogens with one attached hydrogen (secondary N) is 1. The van der Waals surface area contributed by atoms with Crippen molar-refractivity contribution >= 4 is 22.8 Å². The van der Waals surface area contributed by atoms with Gasteiger partial charge in [-0.1, -0.05) is 0 Å². The van der Waals surface area contributed by atoms with Crippen LogP contribution in [0.4, 0.5) is 13.2 Å². The van der Waals surface area contributed by atoms with Gasteiger partial charge in [-0.25, -0.2) is 4.98 Å². The molecule has 0 spiro atoms. The highest BCUT2D eigenvalue weighted by atomic mass is 32.2.